The third kappa shape index (κ3) is 4.03. The van der Waals surface area contributed by atoms with E-state index < -0.39 is 0 Å². The number of halogens is 2. The molecule has 2 aliphatic rings. The highest BCUT2D eigenvalue weighted by molar-refractivity contribution is 14.1. The number of rotatable bonds is 3. The second-order valence-corrected chi connectivity index (χ2v) is 8.19. The smallest absolute Gasteiger partial charge is 0.225 e. The quantitative estimate of drug-likeness (QED) is 0.347. The standard InChI is InChI=1S/C13H20I2N2O2/c1-16(15)11-4-2-9(3-5-11)13(19)17-7-6-10(8-17)12(14)18/h9-11H,2-8H2,1H3. The minimum Gasteiger partial charge on any atom is -0.342 e. The third-order valence-electron chi connectivity index (χ3n) is 4.37. The van der Waals surface area contributed by atoms with Gasteiger partial charge in [-0.1, -0.05) is 0 Å². The van der Waals surface area contributed by atoms with Crippen LogP contribution in [0.4, 0.5) is 0 Å². The lowest BCUT2D eigenvalue weighted by Crippen LogP contribution is -2.38. The Bertz CT molecular complexity index is 355. The van der Waals surface area contributed by atoms with Gasteiger partial charge in [-0.25, -0.2) is 3.11 Å². The SMILES string of the molecule is CN(I)C1CCC(C(=O)N2CCC(C(=O)I)C2)CC1. The maximum atomic E-state index is 12.4. The van der Waals surface area contributed by atoms with Gasteiger partial charge in [0, 0.05) is 53.8 Å². The Morgan fingerprint density at radius 1 is 1.11 bits per heavy atom. The van der Waals surface area contributed by atoms with E-state index in [0.29, 0.717) is 12.6 Å². The maximum Gasteiger partial charge on any atom is 0.225 e. The topological polar surface area (TPSA) is 40.6 Å². The van der Waals surface area contributed by atoms with Crippen molar-refractivity contribution in [2.45, 2.75) is 38.1 Å². The first-order valence-electron chi connectivity index (χ1n) is 6.85. The fraction of sp³-hybridized carbons (Fsp3) is 0.846. The molecule has 19 heavy (non-hydrogen) atoms. The van der Waals surface area contributed by atoms with Gasteiger partial charge in [0.2, 0.25) is 5.91 Å². The lowest BCUT2D eigenvalue weighted by atomic mass is 9.85. The summed E-state index contributed by atoms with van der Waals surface area (Å²) in [4.78, 5) is 25.7. The molecule has 0 spiro atoms. The molecule has 4 nitrogen and oxygen atoms in total. The first kappa shape index (κ1) is 15.9. The van der Waals surface area contributed by atoms with Crippen LogP contribution < -0.4 is 0 Å². The fourth-order valence-corrected chi connectivity index (χ4v) is 4.15. The van der Waals surface area contributed by atoms with Gasteiger partial charge in [0.05, 0.1) is 0 Å². The van der Waals surface area contributed by atoms with E-state index in [0.717, 1.165) is 38.6 Å². The van der Waals surface area contributed by atoms with Crippen molar-refractivity contribution in [2.75, 3.05) is 20.1 Å². The van der Waals surface area contributed by atoms with Crippen LogP contribution in [0, 0.1) is 11.8 Å². The van der Waals surface area contributed by atoms with E-state index in [1.807, 2.05) is 27.5 Å². The summed E-state index contributed by atoms with van der Waals surface area (Å²) in [5, 5.41) is 0. The first-order valence-corrected chi connectivity index (χ1v) is 8.90. The van der Waals surface area contributed by atoms with Crippen molar-refractivity contribution < 1.29 is 9.59 Å². The average molecular weight is 490 g/mol. The fourth-order valence-electron chi connectivity index (χ4n) is 3.08. The van der Waals surface area contributed by atoms with Crippen molar-refractivity contribution in [1.29, 1.82) is 0 Å². The van der Waals surface area contributed by atoms with Crippen LogP contribution in [0.2, 0.25) is 0 Å². The molecule has 0 N–H and O–H groups in total. The molecule has 1 unspecified atom stereocenters. The van der Waals surface area contributed by atoms with Gasteiger partial charge in [-0.3, -0.25) is 9.59 Å². The Morgan fingerprint density at radius 2 is 1.74 bits per heavy atom. The summed E-state index contributed by atoms with van der Waals surface area (Å²) in [5.41, 5.74) is 0. The molecule has 0 radical (unpaired) electrons. The van der Waals surface area contributed by atoms with Crippen LogP contribution in [0.5, 0.6) is 0 Å². The molecule has 108 valence electrons. The Kier molecular flexibility index (Phi) is 5.89. The predicted molar refractivity (Wildman–Crippen MR) is 91.2 cm³/mol. The minimum absolute atomic E-state index is 0.0707. The van der Waals surface area contributed by atoms with Gasteiger partial charge < -0.3 is 4.90 Å². The van der Waals surface area contributed by atoms with Gasteiger partial charge in [-0.05, 0) is 61.7 Å². The van der Waals surface area contributed by atoms with E-state index in [-0.39, 0.29) is 21.5 Å². The van der Waals surface area contributed by atoms with E-state index in [2.05, 4.69) is 33.0 Å². The van der Waals surface area contributed by atoms with E-state index in [4.69, 9.17) is 0 Å². The first-order chi connectivity index (χ1) is 8.99. The summed E-state index contributed by atoms with van der Waals surface area (Å²) in [6.07, 6.45) is 5.06. The zero-order valence-electron chi connectivity index (χ0n) is 11.1. The Labute approximate surface area is 142 Å². The number of carbonyl (C=O) groups is 2. The molecule has 1 aliphatic carbocycles. The summed E-state index contributed by atoms with van der Waals surface area (Å²) in [6.45, 7) is 1.41. The molecule has 1 aliphatic heterocycles. The van der Waals surface area contributed by atoms with Crippen molar-refractivity contribution in [2.24, 2.45) is 11.8 Å². The molecular formula is C13H20I2N2O2. The molecular weight excluding hydrogens is 470 g/mol. The highest BCUT2D eigenvalue weighted by atomic mass is 127. The van der Waals surface area contributed by atoms with Crippen molar-refractivity contribution >= 4 is 55.2 Å². The van der Waals surface area contributed by atoms with Crippen LogP contribution in [-0.2, 0) is 9.59 Å². The lowest BCUT2D eigenvalue weighted by molar-refractivity contribution is -0.135. The molecule has 2 rings (SSSR count). The maximum absolute atomic E-state index is 12.4. The average Bonchev–Trinajstić information content (AvgIpc) is 2.87. The predicted octanol–water partition coefficient (Wildman–Crippen LogP) is 2.64. The summed E-state index contributed by atoms with van der Waals surface area (Å²) in [7, 11) is 2.10. The van der Waals surface area contributed by atoms with Gasteiger partial charge in [0.15, 0.2) is 3.79 Å². The van der Waals surface area contributed by atoms with Crippen molar-refractivity contribution in [1.82, 2.24) is 8.01 Å². The minimum atomic E-state index is 0.0707. The summed E-state index contributed by atoms with van der Waals surface area (Å²) >= 11 is 4.19. The highest BCUT2D eigenvalue weighted by Crippen LogP contribution is 2.31. The molecule has 2 fully saturated rings. The molecule has 0 aromatic rings. The number of hydrogen-bond donors (Lipinski definition) is 0. The summed E-state index contributed by atoms with van der Waals surface area (Å²) < 4.78 is 2.43. The molecule has 0 aromatic carbocycles. The monoisotopic (exact) mass is 490 g/mol. The van der Waals surface area contributed by atoms with Crippen molar-refractivity contribution in [3.8, 4) is 0 Å². The second kappa shape index (κ2) is 7.02. The van der Waals surface area contributed by atoms with Gasteiger partial charge in [-0.15, -0.1) is 0 Å². The second-order valence-electron chi connectivity index (χ2n) is 5.60. The van der Waals surface area contributed by atoms with Gasteiger partial charge in [0.1, 0.15) is 0 Å². The molecule has 1 saturated carbocycles. The normalized spacial score (nSPS) is 31.8. The molecule has 6 heteroatoms. The van der Waals surface area contributed by atoms with Crippen molar-refractivity contribution in [3.05, 3.63) is 0 Å². The third-order valence-corrected chi connectivity index (χ3v) is 6.04. The largest absolute Gasteiger partial charge is 0.342 e. The molecule has 0 aromatic heterocycles. The molecule has 0 bridgehead atoms. The zero-order chi connectivity index (χ0) is 14.0. The number of hydrogen-bond acceptors (Lipinski definition) is 3. The number of carbonyl (C=O) groups excluding carboxylic acids is 2. The van der Waals surface area contributed by atoms with Crippen LogP contribution >= 0.6 is 45.5 Å². The molecule has 1 heterocycles. The summed E-state index contributed by atoms with van der Waals surface area (Å²) in [6, 6.07) is 0.618. The Hall–Kier alpha value is 0.560. The van der Waals surface area contributed by atoms with E-state index in [9.17, 15) is 9.59 Å². The number of likely N-dealkylation sites (tertiary alicyclic amines) is 1. The van der Waals surface area contributed by atoms with Crippen LogP contribution in [0.25, 0.3) is 0 Å². The summed E-state index contributed by atoms with van der Waals surface area (Å²) in [5.74, 6) is 0.548. The van der Waals surface area contributed by atoms with E-state index >= 15 is 0 Å². The van der Waals surface area contributed by atoms with Crippen LogP contribution in [0.15, 0.2) is 0 Å². The number of amides is 1. The van der Waals surface area contributed by atoms with Crippen LogP contribution in [0.3, 0.4) is 0 Å². The Morgan fingerprint density at radius 3 is 2.21 bits per heavy atom. The highest BCUT2D eigenvalue weighted by Gasteiger charge is 2.35. The Balaban J connectivity index is 1.83. The van der Waals surface area contributed by atoms with Gasteiger partial charge >= 0.3 is 0 Å². The zero-order valence-corrected chi connectivity index (χ0v) is 15.5. The van der Waals surface area contributed by atoms with E-state index in [1.165, 1.54) is 0 Å². The van der Waals surface area contributed by atoms with Gasteiger partial charge in [0.25, 0.3) is 0 Å². The lowest BCUT2D eigenvalue weighted by Gasteiger charge is -2.32. The van der Waals surface area contributed by atoms with Crippen LogP contribution in [-0.4, -0.2) is 43.9 Å². The molecule has 1 atom stereocenters. The van der Waals surface area contributed by atoms with Crippen molar-refractivity contribution in [3.63, 3.8) is 0 Å². The van der Waals surface area contributed by atoms with E-state index in [1.54, 1.807) is 0 Å². The molecule has 1 amide bonds. The molecule has 1 saturated heterocycles. The van der Waals surface area contributed by atoms with Gasteiger partial charge in [-0.2, -0.15) is 0 Å². The van der Waals surface area contributed by atoms with Crippen LogP contribution in [0.1, 0.15) is 32.1 Å². The number of nitrogens with zero attached hydrogens (tertiary/aromatic N) is 2.